The van der Waals surface area contributed by atoms with Crippen molar-refractivity contribution in [3.63, 3.8) is 0 Å². The number of carbonyl (C=O) groups is 2. The maximum atomic E-state index is 12.4. The molecule has 0 bridgehead atoms. The van der Waals surface area contributed by atoms with Gasteiger partial charge in [-0.3, -0.25) is 14.9 Å². The lowest BCUT2D eigenvalue weighted by Crippen LogP contribution is -2.24. The standard InChI is InChI=1S/C16H19N7O3S2/c1-4-12-20-21-15(28-12)18-13(24)9(2)27-16-22-19-11(23(16)3)8-17-14(25)10-6-5-7-26-10/h5-7,9H,4,8H2,1-3H3,(H,17,25)(H,18,21,24)/t9-/m1/s1. The SMILES string of the molecule is CCc1nnc(NC(=O)[C@@H](C)Sc2nnc(CNC(=O)c3ccco3)n2C)s1. The van der Waals surface area contributed by atoms with Crippen LogP contribution < -0.4 is 10.6 Å². The topological polar surface area (TPSA) is 128 Å². The van der Waals surface area contributed by atoms with E-state index in [2.05, 4.69) is 31.0 Å². The van der Waals surface area contributed by atoms with Gasteiger partial charge in [-0.2, -0.15) is 0 Å². The van der Waals surface area contributed by atoms with Gasteiger partial charge in [0.1, 0.15) is 5.01 Å². The van der Waals surface area contributed by atoms with Crippen molar-refractivity contribution >= 4 is 40.0 Å². The molecule has 0 aliphatic carbocycles. The zero-order valence-electron chi connectivity index (χ0n) is 15.5. The molecule has 3 rings (SSSR count). The van der Waals surface area contributed by atoms with Crippen molar-refractivity contribution in [2.75, 3.05) is 5.32 Å². The van der Waals surface area contributed by atoms with Crippen molar-refractivity contribution in [2.24, 2.45) is 7.05 Å². The second-order valence-electron chi connectivity index (χ2n) is 5.72. The number of carbonyl (C=O) groups excluding carboxylic acids is 2. The Hall–Kier alpha value is -2.73. The van der Waals surface area contributed by atoms with E-state index in [0.29, 0.717) is 16.1 Å². The number of aryl methyl sites for hydroxylation is 1. The second-order valence-corrected chi connectivity index (χ2v) is 8.09. The van der Waals surface area contributed by atoms with Crippen LogP contribution in [0.4, 0.5) is 5.13 Å². The number of anilines is 1. The van der Waals surface area contributed by atoms with Gasteiger partial charge in [-0.05, 0) is 25.5 Å². The highest BCUT2D eigenvalue weighted by atomic mass is 32.2. The summed E-state index contributed by atoms with van der Waals surface area (Å²) in [6.45, 7) is 3.94. The minimum atomic E-state index is -0.414. The van der Waals surface area contributed by atoms with Crippen molar-refractivity contribution in [1.29, 1.82) is 0 Å². The molecule has 3 aromatic rings. The van der Waals surface area contributed by atoms with Gasteiger partial charge < -0.3 is 14.3 Å². The van der Waals surface area contributed by atoms with Crippen LogP contribution in [0.15, 0.2) is 28.0 Å². The van der Waals surface area contributed by atoms with Gasteiger partial charge in [0, 0.05) is 7.05 Å². The summed E-state index contributed by atoms with van der Waals surface area (Å²) in [6.07, 6.45) is 2.21. The van der Waals surface area contributed by atoms with Gasteiger partial charge in [0.15, 0.2) is 16.7 Å². The molecule has 148 valence electrons. The molecule has 0 aliphatic heterocycles. The van der Waals surface area contributed by atoms with E-state index in [0.717, 1.165) is 11.4 Å². The summed E-state index contributed by atoms with van der Waals surface area (Å²) >= 11 is 2.62. The lowest BCUT2D eigenvalue weighted by Gasteiger charge is -2.10. The minimum absolute atomic E-state index is 0.189. The molecule has 0 saturated carbocycles. The summed E-state index contributed by atoms with van der Waals surface area (Å²) in [5.74, 6) is 0.259. The van der Waals surface area contributed by atoms with E-state index in [9.17, 15) is 9.59 Å². The van der Waals surface area contributed by atoms with Gasteiger partial charge in [0.2, 0.25) is 11.0 Å². The zero-order chi connectivity index (χ0) is 20.1. The molecule has 10 nitrogen and oxygen atoms in total. The summed E-state index contributed by atoms with van der Waals surface area (Å²) in [6, 6.07) is 3.22. The quantitative estimate of drug-likeness (QED) is 0.528. The molecule has 2 amide bonds. The smallest absolute Gasteiger partial charge is 0.287 e. The van der Waals surface area contributed by atoms with E-state index in [-0.39, 0.29) is 24.1 Å². The maximum Gasteiger partial charge on any atom is 0.287 e. The molecule has 1 atom stereocenters. The number of rotatable bonds is 8. The summed E-state index contributed by atoms with van der Waals surface area (Å²) in [5, 5.41) is 23.1. The summed E-state index contributed by atoms with van der Waals surface area (Å²) in [4.78, 5) is 24.3. The first-order valence-electron chi connectivity index (χ1n) is 8.47. The van der Waals surface area contributed by atoms with Crippen molar-refractivity contribution < 1.29 is 14.0 Å². The van der Waals surface area contributed by atoms with Gasteiger partial charge in [-0.1, -0.05) is 30.0 Å². The molecule has 28 heavy (non-hydrogen) atoms. The van der Waals surface area contributed by atoms with E-state index in [4.69, 9.17) is 4.42 Å². The van der Waals surface area contributed by atoms with Crippen LogP contribution in [-0.4, -0.2) is 42.0 Å². The Balaban J connectivity index is 1.55. The second kappa shape index (κ2) is 8.97. The summed E-state index contributed by atoms with van der Waals surface area (Å²) in [7, 11) is 1.78. The number of hydrogen-bond donors (Lipinski definition) is 2. The number of nitrogens with zero attached hydrogens (tertiary/aromatic N) is 5. The molecule has 12 heteroatoms. The molecule has 3 heterocycles. The Kier molecular flexibility index (Phi) is 6.41. The van der Waals surface area contributed by atoms with Crippen LogP contribution in [0.5, 0.6) is 0 Å². The molecule has 0 aliphatic rings. The van der Waals surface area contributed by atoms with Crippen LogP contribution in [0.1, 0.15) is 35.2 Å². The summed E-state index contributed by atoms with van der Waals surface area (Å²) in [5.41, 5.74) is 0. The van der Waals surface area contributed by atoms with Crippen molar-refractivity contribution in [2.45, 2.75) is 37.2 Å². The predicted octanol–water partition coefficient (Wildman–Crippen LogP) is 1.87. The number of nitrogens with one attached hydrogen (secondary N) is 2. The first-order chi connectivity index (χ1) is 13.5. The van der Waals surface area contributed by atoms with Gasteiger partial charge in [-0.25, -0.2) is 0 Å². The molecule has 2 N–H and O–H groups in total. The molecule has 0 spiro atoms. The Bertz CT molecular complexity index is 952. The third kappa shape index (κ3) is 4.75. The van der Waals surface area contributed by atoms with Crippen molar-refractivity contribution in [3.05, 3.63) is 35.0 Å². The Morgan fingerprint density at radius 1 is 1.32 bits per heavy atom. The van der Waals surface area contributed by atoms with Crippen molar-refractivity contribution in [1.82, 2.24) is 30.3 Å². The van der Waals surface area contributed by atoms with Crippen molar-refractivity contribution in [3.8, 4) is 0 Å². The van der Waals surface area contributed by atoms with E-state index in [1.165, 1.54) is 29.4 Å². The maximum absolute atomic E-state index is 12.4. The number of hydrogen-bond acceptors (Lipinski definition) is 9. The molecule has 0 radical (unpaired) electrons. The van der Waals surface area contributed by atoms with Gasteiger partial charge >= 0.3 is 0 Å². The van der Waals surface area contributed by atoms with Gasteiger partial charge in [0.25, 0.3) is 5.91 Å². The fourth-order valence-corrected chi connectivity index (χ4v) is 3.64. The first kappa shape index (κ1) is 20.0. The highest BCUT2D eigenvalue weighted by molar-refractivity contribution is 8.00. The number of aromatic nitrogens is 5. The molecule has 0 fully saturated rings. The fraction of sp³-hybridized carbons (Fsp3) is 0.375. The summed E-state index contributed by atoms with van der Waals surface area (Å²) < 4.78 is 6.78. The third-order valence-corrected chi connectivity index (χ3v) is 5.84. The van der Waals surface area contributed by atoms with E-state index in [1.54, 1.807) is 30.7 Å². The zero-order valence-corrected chi connectivity index (χ0v) is 17.1. The minimum Gasteiger partial charge on any atom is -0.459 e. The number of thioether (sulfide) groups is 1. The Labute approximate surface area is 169 Å². The van der Waals surface area contributed by atoms with Crippen LogP contribution in [0.2, 0.25) is 0 Å². The number of amides is 2. The van der Waals surface area contributed by atoms with E-state index < -0.39 is 5.25 Å². The Morgan fingerprint density at radius 2 is 2.14 bits per heavy atom. The molecule has 0 unspecified atom stereocenters. The van der Waals surface area contributed by atoms with Crippen LogP contribution in [0, 0.1) is 0 Å². The van der Waals surface area contributed by atoms with Crippen LogP contribution in [-0.2, 0) is 24.8 Å². The van der Waals surface area contributed by atoms with Crippen LogP contribution in [0.3, 0.4) is 0 Å². The monoisotopic (exact) mass is 421 g/mol. The first-order valence-corrected chi connectivity index (χ1v) is 10.2. The normalized spacial score (nSPS) is 12.0. The molecular formula is C16H19N7O3S2. The lowest BCUT2D eigenvalue weighted by atomic mass is 10.4. The van der Waals surface area contributed by atoms with Crippen LogP contribution in [0.25, 0.3) is 0 Å². The molecule has 0 saturated heterocycles. The average molecular weight is 422 g/mol. The molecule has 3 aromatic heterocycles. The lowest BCUT2D eigenvalue weighted by molar-refractivity contribution is -0.115. The number of furan rings is 1. The van der Waals surface area contributed by atoms with E-state index in [1.807, 2.05) is 6.92 Å². The fourth-order valence-electron chi connectivity index (χ4n) is 2.12. The third-order valence-electron chi connectivity index (χ3n) is 3.73. The van der Waals surface area contributed by atoms with E-state index >= 15 is 0 Å². The van der Waals surface area contributed by atoms with Gasteiger partial charge in [0.05, 0.1) is 18.1 Å². The molecule has 0 aromatic carbocycles. The highest BCUT2D eigenvalue weighted by Gasteiger charge is 2.20. The molecular weight excluding hydrogens is 402 g/mol. The highest BCUT2D eigenvalue weighted by Crippen LogP contribution is 2.23. The predicted molar refractivity (Wildman–Crippen MR) is 104 cm³/mol. The Morgan fingerprint density at radius 3 is 2.82 bits per heavy atom. The average Bonchev–Trinajstić information content (AvgIpc) is 3.43. The van der Waals surface area contributed by atoms with Crippen LogP contribution >= 0.6 is 23.1 Å². The largest absolute Gasteiger partial charge is 0.459 e. The van der Waals surface area contributed by atoms with Gasteiger partial charge in [-0.15, -0.1) is 20.4 Å².